The second kappa shape index (κ2) is 14.9. The molecule has 8 aromatic carbocycles. The van der Waals surface area contributed by atoms with E-state index in [1.54, 1.807) is 0 Å². The van der Waals surface area contributed by atoms with Crippen LogP contribution in [0, 0.1) is 18.8 Å². The van der Waals surface area contributed by atoms with Gasteiger partial charge in [-0.3, -0.25) is 0 Å². The van der Waals surface area contributed by atoms with Gasteiger partial charge in [-0.2, -0.15) is 12.1 Å². The van der Waals surface area contributed by atoms with Crippen LogP contribution in [0.15, 0.2) is 176 Å². The molecular formula is C54H39N4OPt-3. The zero-order chi connectivity index (χ0) is 39.7. The monoisotopic (exact) mass is 954 g/mol. The molecule has 0 saturated heterocycles. The third kappa shape index (κ3) is 6.42. The van der Waals surface area contributed by atoms with E-state index in [1.807, 2.05) is 24.4 Å². The van der Waals surface area contributed by atoms with E-state index in [2.05, 4.69) is 206 Å². The fourth-order valence-corrected chi connectivity index (χ4v) is 8.54. The molecule has 0 radical (unpaired) electrons. The maximum Gasteiger partial charge on any atom is 0.135 e. The largest absolute Gasteiger partial charge is 0.509 e. The molecule has 5 nitrogen and oxygen atoms in total. The molecule has 1 aromatic heterocycles. The summed E-state index contributed by atoms with van der Waals surface area (Å²) in [6.07, 6.45) is 1.91. The molecule has 0 fully saturated rings. The van der Waals surface area contributed by atoms with Crippen molar-refractivity contribution in [1.82, 2.24) is 4.98 Å². The summed E-state index contributed by atoms with van der Waals surface area (Å²) in [5.74, 6) is 2.00. The Morgan fingerprint density at radius 2 is 1.18 bits per heavy atom. The predicted molar refractivity (Wildman–Crippen MR) is 243 cm³/mol. The van der Waals surface area contributed by atoms with Crippen molar-refractivity contribution in [1.29, 1.82) is 0 Å². The number of aromatic nitrogens is 1. The van der Waals surface area contributed by atoms with E-state index in [0.29, 0.717) is 11.5 Å². The number of pyridine rings is 1. The van der Waals surface area contributed by atoms with Gasteiger partial charge in [-0.1, -0.05) is 129 Å². The molecule has 0 N–H and O–H groups in total. The van der Waals surface area contributed by atoms with Crippen molar-refractivity contribution < 1.29 is 25.8 Å². The minimum absolute atomic E-state index is 0. The van der Waals surface area contributed by atoms with Crippen molar-refractivity contribution in [2.45, 2.75) is 26.2 Å². The molecule has 0 bridgehead atoms. The number of ether oxygens (including phenoxy) is 1. The van der Waals surface area contributed by atoms with Crippen molar-refractivity contribution >= 4 is 61.5 Å². The predicted octanol–water partition coefficient (Wildman–Crippen LogP) is 14.6. The van der Waals surface area contributed by atoms with Gasteiger partial charge in [0, 0.05) is 61.4 Å². The Hall–Kier alpha value is -6.68. The number of nitrogens with zero attached hydrogens (tertiary/aromatic N) is 4. The van der Waals surface area contributed by atoms with E-state index in [1.165, 1.54) is 27.1 Å². The average molecular weight is 955 g/mol. The van der Waals surface area contributed by atoms with Gasteiger partial charge in [0.15, 0.2) is 0 Å². The number of anilines is 7. The Morgan fingerprint density at radius 3 is 1.98 bits per heavy atom. The van der Waals surface area contributed by atoms with Crippen LogP contribution in [0.1, 0.15) is 26.3 Å². The Bertz CT molecular complexity index is 3100. The van der Waals surface area contributed by atoms with E-state index in [-0.39, 0.29) is 26.5 Å². The summed E-state index contributed by atoms with van der Waals surface area (Å²) in [5, 5.41) is 4.93. The molecule has 2 aliphatic rings. The van der Waals surface area contributed by atoms with E-state index < -0.39 is 0 Å². The van der Waals surface area contributed by atoms with Crippen LogP contribution in [0.2, 0.25) is 0 Å². The van der Waals surface area contributed by atoms with Crippen LogP contribution < -0.4 is 19.4 Å². The van der Waals surface area contributed by atoms with E-state index >= 15 is 0 Å². The van der Waals surface area contributed by atoms with Crippen molar-refractivity contribution in [2.75, 3.05) is 14.7 Å². The smallest absolute Gasteiger partial charge is 0.135 e. The Labute approximate surface area is 365 Å². The van der Waals surface area contributed by atoms with Crippen LogP contribution in [0.4, 0.5) is 39.9 Å². The summed E-state index contributed by atoms with van der Waals surface area (Å²) in [5.41, 5.74) is 11.6. The number of para-hydroxylation sites is 3. The molecule has 294 valence electrons. The zero-order valence-corrected chi connectivity index (χ0v) is 35.6. The number of rotatable bonds is 5. The number of hydrogen-bond donors (Lipinski definition) is 0. The van der Waals surface area contributed by atoms with Crippen LogP contribution >= 0.6 is 0 Å². The van der Waals surface area contributed by atoms with Crippen LogP contribution in [-0.2, 0) is 26.5 Å². The van der Waals surface area contributed by atoms with Gasteiger partial charge in [0.1, 0.15) is 5.82 Å². The first-order chi connectivity index (χ1) is 28.9. The number of hydrogen-bond acceptors (Lipinski definition) is 5. The molecule has 11 rings (SSSR count). The summed E-state index contributed by atoms with van der Waals surface area (Å²) in [6.45, 7) is 8.84. The average Bonchev–Trinajstić information content (AvgIpc) is 3.61. The fourth-order valence-electron chi connectivity index (χ4n) is 8.54. The van der Waals surface area contributed by atoms with Gasteiger partial charge in [-0.05, 0) is 80.6 Å². The number of benzene rings is 8. The van der Waals surface area contributed by atoms with Gasteiger partial charge >= 0.3 is 0 Å². The van der Waals surface area contributed by atoms with Crippen LogP contribution in [0.25, 0.3) is 43.8 Å². The van der Waals surface area contributed by atoms with Gasteiger partial charge in [0.2, 0.25) is 0 Å². The van der Waals surface area contributed by atoms with Crippen molar-refractivity contribution in [3.05, 3.63) is 200 Å². The molecular weight excluding hydrogens is 916 g/mol. The molecule has 60 heavy (non-hydrogen) atoms. The van der Waals surface area contributed by atoms with E-state index in [4.69, 9.17) is 9.72 Å². The number of fused-ring (bicyclic) bond motifs is 9. The molecule has 0 saturated carbocycles. The molecule has 0 atom stereocenters. The van der Waals surface area contributed by atoms with Crippen LogP contribution in [-0.4, -0.2) is 4.98 Å². The first-order valence-electron chi connectivity index (χ1n) is 20.0. The Morgan fingerprint density at radius 1 is 0.533 bits per heavy atom. The van der Waals surface area contributed by atoms with Crippen molar-refractivity contribution in [3.63, 3.8) is 0 Å². The second-order valence-electron chi connectivity index (χ2n) is 16.2. The molecule has 0 aliphatic carbocycles. The van der Waals surface area contributed by atoms with Crippen LogP contribution in [0.5, 0.6) is 11.5 Å². The SMILES string of the molecule is CC(C)(C)c1ccnc(N2c3[c-]c(Oc4[c-]c(N5[CH-]N(c6ccc7ccc8ccccc8c7c6)c6ccccc65)ccc4)ccc3-c3ccccc3-c3ccccc32)c1.[Pt]. The van der Waals surface area contributed by atoms with Crippen molar-refractivity contribution in [3.8, 4) is 33.8 Å². The first-order valence-corrected chi connectivity index (χ1v) is 20.0. The van der Waals surface area contributed by atoms with Crippen LogP contribution in [0.3, 0.4) is 0 Å². The third-order valence-corrected chi connectivity index (χ3v) is 11.5. The Balaban J connectivity index is 0.00000433. The summed E-state index contributed by atoms with van der Waals surface area (Å²) < 4.78 is 6.70. The fraction of sp³-hybridized carbons (Fsp3) is 0.0741. The molecule has 0 amide bonds. The normalized spacial score (nSPS) is 12.9. The van der Waals surface area contributed by atoms with Gasteiger partial charge in [0.25, 0.3) is 0 Å². The molecule has 0 unspecified atom stereocenters. The van der Waals surface area contributed by atoms with Gasteiger partial charge in [0.05, 0.1) is 5.69 Å². The van der Waals surface area contributed by atoms with Crippen molar-refractivity contribution in [2.24, 2.45) is 0 Å². The van der Waals surface area contributed by atoms with E-state index in [9.17, 15) is 0 Å². The summed E-state index contributed by atoms with van der Waals surface area (Å²) in [6, 6.07) is 67.1. The topological polar surface area (TPSA) is 31.8 Å². The molecule has 9 aromatic rings. The van der Waals surface area contributed by atoms with Gasteiger partial charge in [-0.15, -0.1) is 48.3 Å². The minimum Gasteiger partial charge on any atom is -0.509 e. The first kappa shape index (κ1) is 37.6. The van der Waals surface area contributed by atoms with Gasteiger partial charge < -0.3 is 19.4 Å². The molecule has 2 aliphatic heterocycles. The molecule has 6 heteroatoms. The van der Waals surface area contributed by atoms with Gasteiger partial charge in [-0.25, -0.2) is 4.98 Å². The standard InChI is InChI=1S/C54H39N4O.Pt/c1-54(2,3)38-29-30-55-53(31-38)58-49-20-9-8-19-46(49)44-17-6-7-18-45(44)47-28-27-42(34-52(47)58)59-41-15-12-14-39(32-41)56-35-57(51-22-11-10-21-50(51)56)40-26-25-37-24-23-36-13-4-5-16-43(36)48(37)33-40;/h4-31,33,35H,1-3H3;/q-3;. The summed E-state index contributed by atoms with van der Waals surface area (Å²) in [4.78, 5) is 11.6. The summed E-state index contributed by atoms with van der Waals surface area (Å²) in [7, 11) is 0. The molecule has 3 heterocycles. The Kier molecular flexibility index (Phi) is 9.30. The third-order valence-electron chi connectivity index (χ3n) is 11.5. The minimum atomic E-state index is -0.0565. The molecule has 0 spiro atoms. The maximum atomic E-state index is 6.70. The maximum absolute atomic E-state index is 6.70. The summed E-state index contributed by atoms with van der Waals surface area (Å²) >= 11 is 0. The quantitative estimate of drug-likeness (QED) is 0.127. The zero-order valence-electron chi connectivity index (χ0n) is 33.3. The van der Waals surface area contributed by atoms with E-state index in [0.717, 1.165) is 62.2 Å². The second-order valence-corrected chi connectivity index (χ2v) is 16.2.